The fourth-order valence-corrected chi connectivity index (χ4v) is 4.22. The number of carbonyl (C=O) groups excluding carboxylic acids is 2. The molecule has 36 heavy (non-hydrogen) atoms. The van der Waals surface area contributed by atoms with Crippen LogP contribution < -0.4 is 10.6 Å². The molecular weight excluding hydrogens is 517 g/mol. The predicted octanol–water partition coefficient (Wildman–Crippen LogP) is 6.17. The zero-order valence-corrected chi connectivity index (χ0v) is 21.4. The number of nitrogens with zero attached hydrogens (tertiary/aromatic N) is 3. The second-order valence-corrected chi connectivity index (χ2v) is 9.40. The van der Waals surface area contributed by atoms with Crippen molar-refractivity contribution in [2.24, 2.45) is 7.05 Å². The quantitative estimate of drug-likeness (QED) is 0.207. The number of hydrogen-bond donors (Lipinski definition) is 2. The topological polar surface area (TPSA) is 88.9 Å². The van der Waals surface area contributed by atoms with E-state index in [1.807, 2.05) is 54.1 Å². The first kappa shape index (κ1) is 25.5. The van der Waals surface area contributed by atoms with Gasteiger partial charge in [0.2, 0.25) is 11.8 Å². The molecule has 4 rings (SSSR count). The molecule has 0 saturated heterocycles. The average molecular weight is 538 g/mol. The van der Waals surface area contributed by atoms with Gasteiger partial charge in [0.25, 0.3) is 0 Å². The Kier molecular flexibility index (Phi) is 8.43. The van der Waals surface area contributed by atoms with Gasteiger partial charge in [0.15, 0.2) is 11.0 Å². The van der Waals surface area contributed by atoms with Crippen LogP contribution in [0.4, 0.5) is 11.4 Å². The molecule has 10 heteroatoms. The number of rotatable bonds is 8. The van der Waals surface area contributed by atoms with Gasteiger partial charge in [0, 0.05) is 30.1 Å². The number of carbonyl (C=O) groups is 2. The van der Waals surface area contributed by atoms with Gasteiger partial charge in [-0.2, -0.15) is 0 Å². The van der Waals surface area contributed by atoms with Gasteiger partial charge >= 0.3 is 0 Å². The third-order valence-corrected chi connectivity index (χ3v) is 6.77. The van der Waals surface area contributed by atoms with Gasteiger partial charge < -0.3 is 15.2 Å². The van der Waals surface area contributed by atoms with E-state index in [4.69, 9.17) is 23.2 Å². The number of anilines is 2. The Hall–Kier alpha value is -3.59. The van der Waals surface area contributed by atoms with Crippen LogP contribution in [0, 0.1) is 0 Å². The number of aromatic nitrogens is 3. The molecule has 3 aromatic carbocycles. The Balaban J connectivity index is 1.33. The summed E-state index contributed by atoms with van der Waals surface area (Å²) in [4.78, 5) is 24.5. The molecule has 0 atom stereocenters. The standard InChI is InChI=1S/C26H21Cl2N5O2S/c1-33-25(31-32-26(33)36-16-24(35)30-20-12-13-21(27)22(28)15-20)18-8-10-19(11-9-18)29-23(34)14-7-17-5-3-2-4-6-17/h2-15H,16H2,1H3,(H,29,34)(H,30,35)/b14-7+. The molecule has 1 heterocycles. The zero-order valence-electron chi connectivity index (χ0n) is 19.1. The lowest BCUT2D eigenvalue weighted by Gasteiger charge is -2.07. The molecule has 182 valence electrons. The number of nitrogens with one attached hydrogen (secondary N) is 2. The predicted molar refractivity (Wildman–Crippen MR) is 146 cm³/mol. The largest absolute Gasteiger partial charge is 0.325 e. The molecular formula is C26H21Cl2N5O2S. The van der Waals surface area contributed by atoms with Crippen molar-refractivity contribution in [3.05, 3.63) is 94.5 Å². The summed E-state index contributed by atoms with van der Waals surface area (Å²) in [7, 11) is 1.83. The number of benzene rings is 3. The minimum atomic E-state index is -0.219. The Labute approximate surface area is 222 Å². The summed E-state index contributed by atoms with van der Waals surface area (Å²) >= 11 is 13.2. The van der Waals surface area contributed by atoms with E-state index < -0.39 is 0 Å². The van der Waals surface area contributed by atoms with E-state index >= 15 is 0 Å². The molecule has 2 amide bonds. The molecule has 2 N–H and O–H groups in total. The van der Waals surface area contributed by atoms with Crippen molar-refractivity contribution in [1.82, 2.24) is 14.8 Å². The third kappa shape index (κ3) is 6.75. The minimum Gasteiger partial charge on any atom is -0.325 e. The van der Waals surface area contributed by atoms with E-state index in [9.17, 15) is 9.59 Å². The van der Waals surface area contributed by atoms with E-state index in [0.717, 1.165) is 11.1 Å². The Morgan fingerprint density at radius 3 is 2.36 bits per heavy atom. The molecule has 0 radical (unpaired) electrons. The van der Waals surface area contributed by atoms with Gasteiger partial charge in [-0.15, -0.1) is 10.2 Å². The van der Waals surface area contributed by atoms with Crippen molar-refractivity contribution < 1.29 is 9.59 Å². The zero-order chi connectivity index (χ0) is 25.5. The minimum absolute atomic E-state index is 0.147. The highest BCUT2D eigenvalue weighted by Gasteiger charge is 2.14. The Bertz CT molecular complexity index is 1410. The van der Waals surface area contributed by atoms with Gasteiger partial charge in [-0.25, -0.2) is 0 Å². The highest BCUT2D eigenvalue weighted by molar-refractivity contribution is 7.99. The van der Waals surface area contributed by atoms with Crippen LogP contribution in [0.1, 0.15) is 5.56 Å². The number of amides is 2. The van der Waals surface area contributed by atoms with E-state index in [0.29, 0.717) is 32.4 Å². The van der Waals surface area contributed by atoms with E-state index in [-0.39, 0.29) is 17.6 Å². The smallest absolute Gasteiger partial charge is 0.248 e. The molecule has 0 fully saturated rings. The highest BCUT2D eigenvalue weighted by atomic mass is 35.5. The summed E-state index contributed by atoms with van der Waals surface area (Å²) in [5, 5.41) is 15.5. The second kappa shape index (κ2) is 11.9. The van der Waals surface area contributed by atoms with Gasteiger partial charge in [-0.05, 0) is 54.1 Å². The summed E-state index contributed by atoms with van der Waals surface area (Å²) in [6.45, 7) is 0. The monoisotopic (exact) mass is 537 g/mol. The van der Waals surface area contributed by atoms with E-state index in [2.05, 4.69) is 20.8 Å². The maximum absolute atomic E-state index is 12.3. The van der Waals surface area contributed by atoms with Gasteiger partial charge in [0.05, 0.1) is 15.8 Å². The molecule has 4 aromatic rings. The van der Waals surface area contributed by atoms with Crippen molar-refractivity contribution in [2.45, 2.75) is 5.16 Å². The third-order valence-electron chi connectivity index (χ3n) is 5.01. The first-order valence-corrected chi connectivity index (χ1v) is 12.5. The lowest BCUT2D eigenvalue weighted by atomic mass is 10.2. The van der Waals surface area contributed by atoms with Crippen LogP contribution in [0.25, 0.3) is 17.5 Å². The van der Waals surface area contributed by atoms with Crippen molar-refractivity contribution in [1.29, 1.82) is 0 Å². The number of halogens is 2. The maximum atomic E-state index is 12.3. The van der Waals surface area contributed by atoms with Crippen LogP contribution >= 0.6 is 35.0 Å². The molecule has 0 bridgehead atoms. The Morgan fingerprint density at radius 2 is 1.64 bits per heavy atom. The fraction of sp³-hybridized carbons (Fsp3) is 0.0769. The van der Waals surface area contributed by atoms with Crippen molar-refractivity contribution in [3.63, 3.8) is 0 Å². The highest BCUT2D eigenvalue weighted by Crippen LogP contribution is 2.26. The van der Waals surface area contributed by atoms with Crippen molar-refractivity contribution in [3.8, 4) is 11.4 Å². The van der Waals surface area contributed by atoms with E-state index in [1.165, 1.54) is 17.8 Å². The fourth-order valence-electron chi connectivity index (χ4n) is 3.22. The van der Waals surface area contributed by atoms with Crippen LogP contribution in [0.5, 0.6) is 0 Å². The van der Waals surface area contributed by atoms with Crippen LogP contribution in [0.2, 0.25) is 10.0 Å². The van der Waals surface area contributed by atoms with Gasteiger partial charge in [0.1, 0.15) is 0 Å². The van der Waals surface area contributed by atoms with Crippen LogP contribution in [0.15, 0.2) is 84.0 Å². The van der Waals surface area contributed by atoms with Crippen LogP contribution in [0.3, 0.4) is 0 Å². The van der Waals surface area contributed by atoms with Crippen molar-refractivity contribution in [2.75, 3.05) is 16.4 Å². The molecule has 0 aliphatic carbocycles. The lowest BCUT2D eigenvalue weighted by molar-refractivity contribution is -0.114. The Morgan fingerprint density at radius 1 is 0.917 bits per heavy atom. The van der Waals surface area contributed by atoms with Crippen molar-refractivity contribution >= 4 is 64.2 Å². The molecule has 7 nitrogen and oxygen atoms in total. The molecule has 1 aromatic heterocycles. The van der Waals surface area contributed by atoms with Crippen LogP contribution in [-0.2, 0) is 16.6 Å². The normalized spacial score (nSPS) is 11.0. The SMILES string of the molecule is Cn1c(SCC(=O)Nc2ccc(Cl)c(Cl)c2)nnc1-c1ccc(NC(=O)/C=C/c2ccccc2)cc1. The second-order valence-electron chi connectivity index (χ2n) is 7.64. The lowest BCUT2D eigenvalue weighted by Crippen LogP contribution is -2.14. The summed E-state index contributed by atoms with van der Waals surface area (Å²) in [6.07, 6.45) is 3.25. The number of thioether (sulfide) groups is 1. The molecule has 0 aliphatic rings. The summed E-state index contributed by atoms with van der Waals surface area (Å²) in [6, 6.07) is 21.8. The number of hydrogen-bond acceptors (Lipinski definition) is 5. The first-order valence-electron chi connectivity index (χ1n) is 10.8. The summed E-state index contributed by atoms with van der Waals surface area (Å²) in [5.41, 5.74) is 3.01. The molecule has 0 unspecified atom stereocenters. The molecule has 0 spiro atoms. The summed E-state index contributed by atoms with van der Waals surface area (Å²) < 4.78 is 1.81. The first-order chi connectivity index (χ1) is 17.4. The maximum Gasteiger partial charge on any atom is 0.248 e. The molecule has 0 saturated carbocycles. The molecule has 0 aliphatic heterocycles. The van der Waals surface area contributed by atoms with Crippen LogP contribution in [-0.4, -0.2) is 32.3 Å². The van der Waals surface area contributed by atoms with Gasteiger partial charge in [-0.1, -0.05) is 65.3 Å². The van der Waals surface area contributed by atoms with E-state index in [1.54, 1.807) is 36.4 Å². The summed E-state index contributed by atoms with van der Waals surface area (Å²) in [5.74, 6) is 0.366. The average Bonchev–Trinajstić information content (AvgIpc) is 3.25. The van der Waals surface area contributed by atoms with Gasteiger partial charge in [-0.3, -0.25) is 9.59 Å².